The van der Waals surface area contributed by atoms with Crippen LogP contribution < -0.4 is 5.32 Å². The second-order valence-electron chi connectivity index (χ2n) is 6.69. The Labute approximate surface area is 109 Å². The zero-order valence-electron chi connectivity index (χ0n) is 11.4. The second kappa shape index (κ2) is 3.59. The highest BCUT2D eigenvalue weighted by Gasteiger charge is 2.54. The number of rotatable bonds is 3. The molecule has 1 aromatic rings. The predicted octanol–water partition coefficient (Wildman–Crippen LogP) is 3.15. The summed E-state index contributed by atoms with van der Waals surface area (Å²) < 4.78 is 0. The Morgan fingerprint density at radius 1 is 1.33 bits per heavy atom. The standard InChI is InChI=1S/C16H21NO/c1-11-5-4-6-12(9-11)16(7-8-16)17-14(18)13-10-15(13,2)3/h4-6,9,13H,7-8,10H2,1-3H3,(H,17,18). The van der Waals surface area contributed by atoms with E-state index < -0.39 is 0 Å². The van der Waals surface area contributed by atoms with Crippen LogP contribution >= 0.6 is 0 Å². The summed E-state index contributed by atoms with van der Waals surface area (Å²) >= 11 is 0. The van der Waals surface area contributed by atoms with Crippen molar-refractivity contribution in [2.75, 3.05) is 0 Å². The van der Waals surface area contributed by atoms with Crippen LogP contribution in [0.4, 0.5) is 0 Å². The maximum absolute atomic E-state index is 12.2. The lowest BCUT2D eigenvalue weighted by Crippen LogP contribution is -2.36. The Hall–Kier alpha value is -1.31. The molecule has 3 rings (SSSR count). The van der Waals surface area contributed by atoms with Crippen molar-refractivity contribution >= 4 is 5.91 Å². The molecule has 96 valence electrons. The van der Waals surface area contributed by atoms with Crippen LogP contribution in [0.25, 0.3) is 0 Å². The van der Waals surface area contributed by atoms with E-state index in [-0.39, 0.29) is 22.8 Å². The Balaban J connectivity index is 1.74. The molecule has 1 amide bonds. The molecule has 1 unspecified atom stereocenters. The normalized spacial score (nSPS) is 26.5. The minimum absolute atomic E-state index is 0.0538. The molecule has 18 heavy (non-hydrogen) atoms. The first-order chi connectivity index (χ1) is 8.43. The second-order valence-corrected chi connectivity index (χ2v) is 6.69. The number of benzene rings is 1. The molecule has 0 heterocycles. The van der Waals surface area contributed by atoms with E-state index >= 15 is 0 Å². The van der Waals surface area contributed by atoms with E-state index in [2.05, 4.69) is 50.4 Å². The smallest absolute Gasteiger partial charge is 0.224 e. The van der Waals surface area contributed by atoms with Crippen molar-refractivity contribution in [3.63, 3.8) is 0 Å². The molecule has 1 N–H and O–H groups in total. The van der Waals surface area contributed by atoms with Gasteiger partial charge in [-0.25, -0.2) is 0 Å². The van der Waals surface area contributed by atoms with E-state index in [1.165, 1.54) is 11.1 Å². The van der Waals surface area contributed by atoms with Gasteiger partial charge in [0, 0.05) is 5.92 Å². The number of aryl methyl sites for hydroxylation is 1. The maximum atomic E-state index is 12.2. The van der Waals surface area contributed by atoms with E-state index in [9.17, 15) is 4.79 Å². The van der Waals surface area contributed by atoms with Gasteiger partial charge in [0.1, 0.15) is 0 Å². The van der Waals surface area contributed by atoms with Crippen LogP contribution in [-0.4, -0.2) is 5.91 Å². The molecule has 2 fully saturated rings. The van der Waals surface area contributed by atoms with Crippen molar-refractivity contribution in [2.45, 2.75) is 45.6 Å². The molecule has 0 spiro atoms. The predicted molar refractivity (Wildman–Crippen MR) is 72.1 cm³/mol. The molecule has 1 atom stereocenters. The van der Waals surface area contributed by atoms with Crippen molar-refractivity contribution in [3.05, 3.63) is 35.4 Å². The third kappa shape index (κ3) is 1.94. The molecule has 1 aromatic carbocycles. The monoisotopic (exact) mass is 243 g/mol. The Morgan fingerprint density at radius 2 is 2.00 bits per heavy atom. The van der Waals surface area contributed by atoms with Crippen LogP contribution in [0.5, 0.6) is 0 Å². The molecule has 2 aliphatic rings. The average Bonchev–Trinajstić information content (AvgIpc) is 3.17. The van der Waals surface area contributed by atoms with Crippen molar-refractivity contribution < 1.29 is 4.79 Å². The highest BCUT2D eigenvalue weighted by molar-refractivity contribution is 5.83. The summed E-state index contributed by atoms with van der Waals surface area (Å²) in [5.41, 5.74) is 2.70. The van der Waals surface area contributed by atoms with Crippen LogP contribution in [0.2, 0.25) is 0 Å². The summed E-state index contributed by atoms with van der Waals surface area (Å²) in [5, 5.41) is 3.29. The number of carbonyl (C=O) groups is 1. The van der Waals surface area contributed by atoms with Crippen molar-refractivity contribution in [1.82, 2.24) is 5.32 Å². The van der Waals surface area contributed by atoms with Gasteiger partial charge in [0.2, 0.25) is 5.91 Å². The molecule has 2 saturated carbocycles. The number of nitrogens with one attached hydrogen (secondary N) is 1. The van der Waals surface area contributed by atoms with Gasteiger partial charge in [0.05, 0.1) is 5.54 Å². The van der Waals surface area contributed by atoms with Gasteiger partial charge in [-0.2, -0.15) is 0 Å². The van der Waals surface area contributed by atoms with Crippen LogP contribution in [-0.2, 0) is 10.3 Å². The largest absolute Gasteiger partial charge is 0.346 e. The molecule has 2 aliphatic carbocycles. The maximum Gasteiger partial charge on any atom is 0.224 e. The summed E-state index contributed by atoms with van der Waals surface area (Å²) in [5.74, 6) is 0.471. The minimum Gasteiger partial charge on any atom is -0.346 e. The molecular formula is C16H21NO. The van der Waals surface area contributed by atoms with E-state index in [0.29, 0.717) is 0 Å². The number of hydrogen-bond acceptors (Lipinski definition) is 1. The van der Waals surface area contributed by atoms with Crippen molar-refractivity contribution in [1.29, 1.82) is 0 Å². The van der Waals surface area contributed by atoms with Crippen molar-refractivity contribution in [2.24, 2.45) is 11.3 Å². The molecule has 0 saturated heterocycles. The van der Waals surface area contributed by atoms with Crippen LogP contribution in [0, 0.1) is 18.3 Å². The summed E-state index contributed by atoms with van der Waals surface area (Å²) in [4.78, 5) is 12.2. The van der Waals surface area contributed by atoms with E-state index in [0.717, 1.165) is 19.3 Å². The molecule has 2 heteroatoms. The number of hydrogen-bond donors (Lipinski definition) is 1. The highest BCUT2D eigenvalue weighted by Crippen LogP contribution is 2.53. The van der Waals surface area contributed by atoms with E-state index in [1.54, 1.807) is 0 Å². The lowest BCUT2D eigenvalue weighted by atomic mass is 10.0. The molecule has 2 nitrogen and oxygen atoms in total. The first-order valence-electron chi connectivity index (χ1n) is 6.82. The lowest BCUT2D eigenvalue weighted by Gasteiger charge is -2.19. The zero-order valence-corrected chi connectivity index (χ0v) is 11.4. The van der Waals surface area contributed by atoms with Gasteiger partial charge in [-0.05, 0) is 37.2 Å². The molecule has 0 aromatic heterocycles. The van der Waals surface area contributed by atoms with Crippen LogP contribution in [0.1, 0.15) is 44.2 Å². The third-order valence-electron chi connectivity index (χ3n) is 4.51. The quantitative estimate of drug-likeness (QED) is 0.868. The van der Waals surface area contributed by atoms with Crippen LogP contribution in [0.3, 0.4) is 0 Å². The fourth-order valence-corrected chi connectivity index (χ4v) is 2.79. The SMILES string of the molecule is Cc1cccc(C2(NC(=O)C3CC3(C)C)CC2)c1. The topological polar surface area (TPSA) is 29.1 Å². The molecule has 0 radical (unpaired) electrons. The summed E-state index contributed by atoms with van der Waals surface area (Å²) in [6.07, 6.45) is 3.19. The minimum atomic E-state index is -0.0538. The first-order valence-corrected chi connectivity index (χ1v) is 6.82. The van der Waals surface area contributed by atoms with Crippen LogP contribution in [0.15, 0.2) is 24.3 Å². The summed E-state index contributed by atoms with van der Waals surface area (Å²) in [6, 6.07) is 8.52. The van der Waals surface area contributed by atoms with Gasteiger partial charge < -0.3 is 5.32 Å². The Bertz CT molecular complexity index is 500. The Morgan fingerprint density at radius 3 is 2.50 bits per heavy atom. The molecular weight excluding hydrogens is 222 g/mol. The fourth-order valence-electron chi connectivity index (χ4n) is 2.79. The van der Waals surface area contributed by atoms with Gasteiger partial charge >= 0.3 is 0 Å². The number of amides is 1. The number of carbonyl (C=O) groups excluding carboxylic acids is 1. The molecule has 0 aliphatic heterocycles. The fraction of sp³-hybridized carbons (Fsp3) is 0.562. The van der Waals surface area contributed by atoms with E-state index in [1.807, 2.05) is 0 Å². The van der Waals surface area contributed by atoms with Gasteiger partial charge in [-0.15, -0.1) is 0 Å². The molecule has 0 bridgehead atoms. The van der Waals surface area contributed by atoms with Gasteiger partial charge in [-0.1, -0.05) is 43.7 Å². The van der Waals surface area contributed by atoms with Crippen molar-refractivity contribution in [3.8, 4) is 0 Å². The van der Waals surface area contributed by atoms with Gasteiger partial charge in [0.15, 0.2) is 0 Å². The lowest BCUT2D eigenvalue weighted by molar-refractivity contribution is -0.124. The average molecular weight is 243 g/mol. The van der Waals surface area contributed by atoms with Gasteiger partial charge in [-0.3, -0.25) is 4.79 Å². The summed E-state index contributed by atoms with van der Waals surface area (Å²) in [7, 11) is 0. The highest BCUT2D eigenvalue weighted by atomic mass is 16.2. The Kier molecular flexibility index (Phi) is 2.35. The van der Waals surface area contributed by atoms with E-state index in [4.69, 9.17) is 0 Å². The zero-order chi connectivity index (χ0) is 13.0. The van der Waals surface area contributed by atoms with Gasteiger partial charge in [0.25, 0.3) is 0 Å². The third-order valence-corrected chi connectivity index (χ3v) is 4.51. The first kappa shape index (κ1) is 11.8. The summed E-state index contributed by atoms with van der Waals surface area (Å²) in [6.45, 7) is 6.44.